The van der Waals surface area contributed by atoms with Gasteiger partial charge in [-0.05, 0) is 29.5 Å². The zero-order valence-corrected chi connectivity index (χ0v) is 10.4. The van der Waals surface area contributed by atoms with Gasteiger partial charge in [0.05, 0.1) is 0 Å². The summed E-state index contributed by atoms with van der Waals surface area (Å²) in [4.78, 5) is 6.92. The molecular weight excluding hydrogens is 222 g/mol. The lowest BCUT2D eigenvalue weighted by atomic mass is 9.84. The van der Waals surface area contributed by atoms with Crippen LogP contribution in [-0.2, 0) is 5.41 Å². The van der Waals surface area contributed by atoms with Crippen molar-refractivity contribution in [2.45, 2.75) is 39.5 Å². The zero-order chi connectivity index (χ0) is 12.8. The summed E-state index contributed by atoms with van der Waals surface area (Å²) >= 11 is 0. The molecular formula is C13H16F2N2. The fraction of sp³-hybridized carbons (Fsp3) is 0.462. The van der Waals surface area contributed by atoms with Crippen LogP contribution in [-0.4, -0.2) is 9.97 Å². The number of aromatic amines is 1. The van der Waals surface area contributed by atoms with Gasteiger partial charge >= 0.3 is 0 Å². The lowest BCUT2D eigenvalue weighted by molar-refractivity contribution is 0.146. The van der Waals surface area contributed by atoms with Crippen LogP contribution < -0.4 is 0 Å². The average Bonchev–Trinajstić information content (AvgIpc) is 2.58. The standard InChI is InChI=1S/C13H16F2N2/c1-7-6-16-12-10(7)8(13(2,3)4)5-9(17-12)11(14)15/h5-6,11H,1-4H3,(H,16,17). The van der Waals surface area contributed by atoms with Crippen molar-refractivity contribution in [1.82, 2.24) is 9.97 Å². The van der Waals surface area contributed by atoms with E-state index in [0.717, 1.165) is 16.5 Å². The minimum absolute atomic E-state index is 0.163. The summed E-state index contributed by atoms with van der Waals surface area (Å²) in [5.41, 5.74) is 2.15. The molecule has 0 aliphatic heterocycles. The SMILES string of the molecule is Cc1c[nH]c2nc(C(F)F)cc(C(C)(C)C)c12. The first-order chi connectivity index (χ1) is 7.80. The van der Waals surface area contributed by atoms with Gasteiger partial charge in [0.25, 0.3) is 6.43 Å². The molecule has 2 rings (SSSR count). The minimum Gasteiger partial charge on any atom is -0.346 e. The fourth-order valence-electron chi connectivity index (χ4n) is 2.02. The molecule has 2 aromatic rings. The van der Waals surface area contributed by atoms with Crippen LogP contribution in [0.15, 0.2) is 12.3 Å². The Morgan fingerprint density at radius 3 is 2.47 bits per heavy atom. The third-order valence-electron chi connectivity index (χ3n) is 2.89. The van der Waals surface area contributed by atoms with Crippen LogP contribution in [0.1, 0.15) is 44.0 Å². The van der Waals surface area contributed by atoms with Gasteiger partial charge in [-0.25, -0.2) is 13.8 Å². The maximum absolute atomic E-state index is 12.8. The first kappa shape index (κ1) is 12.0. The molecule has 0 amide bonds. The molecule has 0 unspecified atom stereocenters. The molecule has 0 aliphatic carbocycles. The van der Waals surface area contributed by atoms with Gasteiger partial charge in [0.2, 0.25) is 0 Å². The van der Waals surface area contributed by atoms with Crippen molar-refractivity contribution in [3.05, 3.63) is 29.1 Å². The molecule has 1 N–H and O–H groups in total. The molecule has 92 valence electrons. The number of rotatable bonds is 1. The molecule has 0 aliphatic rings. The summed E-state index contributed by atoms with van der Waals surface area (Å²) in [6.07, 6.45) is -0.730. The predicted octanol–water partition coefficient (Wildman–Crippen LogP) is 4.11. The number of H-pyrrole nitrogens is 1. The summed E-state index contributed by atoms with van der Waals surface area (Å²) in [6.45, 7) is 8.01. The molecule has 4 heteroatoms. The number of nitrogens with one attached hydrogen (secondary N) is 1. The van der Waals surface area contributed by atoms with E-state index in [1.807, 2.05) is 33.9 Å². The largest absolute Gasteiger partial charge is 0.346 e. The van der Waals surface area contributed by atoms with Crippen LogP contribution in [0.4, 0.5) is 8.78 Å². The maximum atomic E-state index is 12.8. The molecule has 0 atom stereocenters. The molecule has 2 nitrogen and oxygen atoms in total. The minimum atomic E-state index is -2.54. The lowest BCUT2D eigenvalue weighted by Crippen LogP contribution is -2.13. The molecule has 2 heterocycles. The van der Waals surface area contributed by atoms with Gasteiger partial charge in [-0.15, -0.1) is 0 Å². The Morgan fingerprint density at radius 2 is 1.94 bits per heavy atom. The molecule has 0 bridgehead atoms. The Morgan fingerprint density at radius 1 is 1.29 bits per heavy atom. The monoisotopic (exact) mass is 238 g/mol. The first-order valence-corrected chi connectivity index (χ1v) is 5.58. The van der Waals surface area contributed by atoms with Crippen molar-refractivity contribution in [3.8, 4) is 0 Å². The second-order valence-electron chi connectivity index (χ2n) is 5.34. The summed E-state index contributed by atoms with van der Waals surface area (Å²) in [7, 11) is 0. The second-order valence-corrected chi connectivity index (χ2v) is 5.34. The van der Waals surface area contributed by atoms with Crippen molar-refractivity contribution in [2.24, 2.45) is 0 Å². The third-order valence-corrected chi connectivity index (χ3v) is 2.89. The molecule has 0 spiro atoms. The summed E-state index contributed by atoms with van der Waals surface area (Å²) in [5.74, 6) is 0. The molecule has 0 radical (unpaired) electrons. The molecule has 17 heavy (non-hydrogen) atoms. The number of aryl methyl sites for hydroxylation is 1. The Hall–Kier alpha value is -1.45. The summed E-state index contributed by atoms with van der Waals surface area (Å²) in [6, 6.07) is 1.52. The van der Waals surface area contributed by atoms with E-state index in [9.17, 15) is 8.78 Å². The first-order valence-electron chi connectivity index (χ1n) is 5.58. The van der Waals surface area contributed by atoms with Gasteiger partial charge in [-0.1, -0.05) is 20.8 Å². The van der Waals surface area contributed by atoms with Gasteiger partial charge < -0.3 is 4.98 Å². The number of aromatic nitrogens is 2. The molecule has 2 aromatic heterocycles. The quantitative estimate of drug-likeness (QED) is 0.795. The molecule has 0 saturated carbocycles. The van der Waals surface area contributed by atoms with Crippen molar-refractivity contribution in [3.63, 3.8) is 0 Å². The highest BCUT2D eigenvalue weighted by molar-refractivity contribution is 5.84. The van der Waals surface area contributed by atoms with Crippen LogP contribution in [0.5, 0.6) is 0 Å². The van der Waals surface area contributed by atoms with Crippen LogP contribution in [0.3, 0.4) is 0 Å². The third kappa shape index (κ3) is 2.04. The van der Waals surface area contributed by atoms with Crippen molar-refractivity contribution in [1.29, 1.82) is 0 Å². The Labute approximate surface area is 99.1 Å². The van der Waals surface area contributed by atoms with Crippen LogP contribution >= 0.6 is 0 Å². The van der Waals surface area contributed by atoms with Gasteiger partial charge in [0.15, 0.2) is 0 Å². The molecule has 0 fully saturated rings. The number of halogens is 2. The van der Waals surface area contributed by atoms with Gasteiger partial charge in [0, 0.05) is 11.6 Å². The summed E-state index contributed by atoms with van der Waals surface area (Å²) in [5, 5.41) is 0.960. The topological polar surface area (TPSA) is 28.7 Å². The smallest absolute Gasteiger partial charge is 0.280 e. The van der Waals surface area contributed by atoms with Crippen molar-refractivity contribution >= 4 is 11.0 Å². The van der Waals surface area contributed by atoms with Gasteiger partial charge in [0.1, 0.15) is 11.3 Å². The van der Waals surface area contributed by atoms with E-state index >= 15 is 0 Å². The highest BCUT2D eigenvalue weighted by atomic mass is 19.3. The second kappa shape index (κ2) is 3.79. The number of nitrogens with zero attached hydrogens (tertiary/aromatic N) is 1. The van der Waals surface area contributed by atoms with Crippen molar-refractivity contribution in [2.75, 3.05) is 0 Å². The van der Waals surface area contributed by atoms with E-state index in [2.05, 4.69) is 9.97 Å². The number of hydrogen-bond acceptors (Lipinski definition) is 1. The number of hydrogen-bond donors (Lipinski definition) is 1. The Balaban J connectivity index is 2.81. The van der Waals surface area contributed by atoms with E-state index in [1.165, 1.54) is 6.07 Å². The Bertz CT molecular complexity index is 550. The van der Waals surface area contributed by atoms with E-state index in [0.29, 0.717) is 5.65 Å². The number of pyridine rings is 1. The van der Waals surface area contributed by atoms with Crippen molar-refractivity contribution < 1.29 is 8.78 Å². The lowest BCUT2D eigenvalue weighted by Gasteiger charge is -2.21. The van der Waals surface area contributed by atoms with Gasteiger partial charge in [-0.2, -0.15) is 0 Å². The average molecular weight is 238 g/mol. The van der Waals surface area contributed by atoms with Crippen LogP contribution in [0.25, 0.3) is 11.0 Å². The highest BCUT2D eigenvalue weighted by Gasteiger charge is 2.22. The van der Waals surface area contributed by atoms with Crippen LogP contribution in [0, 0.1) is 6.92 Å². The van der Waals surface area contributed by atoms with Crippen LogP contribution in [0.2, 0.25) is 0 Å². The summed E-state index contributed by atoms with van der Waals surface area (Å²) < 4.78 is 25.6. The highest BCUT2D eigenvalue weighted by Crippen LogP contribution is 2.33. The van der Waals surface area contributed by atoms with E-state index < -0.39 is 6.43 Å². The predicted molar refractivity (Wildman–Crippen MR) is 64.5 cm³/mol. The van der Waals surface area contributed by atoms with E-state index in [1.54, 1.807) is 0 Å². The van der Waals surface area contributed by atoms with E-state index in [-0.39, 0.29) is 11.1 Å². The molecule has 0 aromatic carbocycles. The number of alkyl halides is 2. The fourth-order valence-corrected chi connectivity index (χ4v) is 2.02. The molecule has 0 saturated heterocycles. The van der Waals surface area contributed by atoms with Gasteiger partial charge in [-0.3, -0.25) is 0 Å². The normalized spacial score (nSPS) is 12.6. The Kier molecular flexibility index (Phi) is 2.68. The van der Waals surface area contributed by atoms with E-state index in [4.69, 9.17) is 0 Å². The maximum Gasteiger partial charge on any atom is 0.280 e. The zero-order valence-electron chi connectivity index (χ0n) is 10.4. The number of fused-ring (bicyclic) bond motifs is 1.